The average Bonchev–Trinajstić information content (AvgIpc) is 3.27. The molecule has 1 amide bonds. The average molecular weight is 500 g/mol. The van der Waals surface area contributed by atoms with E-state index in [1.54, 1.807) is 22.4 Å². The Hall–Kier alpha value is -4.07. The van der Waals surface area contributed by atoms with Crippen molar-refractivity contribution in [2.24, 2.45) is 0 Å². The molecule has 4 aromatic rings. The van der Waals surface area contributed by atoms with Gasteiger partial charge in [0.25, 0.3) is 5.56 Å². The third-order valence-corrected chi connectivity index (χ3v) is 7.20. The van der Waals surface area contributed by atoms with Crippen LogP contribution in [0.5, 0.6) is 5.75 Å². The van der Waals surface area contributed by atoms with Gasteiger partial charge in [0.2, 0.25) is 5.91 Å². The summed E-state index contributed by atoms with van der Waals surface area (Å²) in [7, 11) is 1.66. The molecule has 0 N–H and O–H groups in total. The van der Waals surface area contributed by atoms with Crippen molar-refractivity contribution in [1.82, 2.24) is 19.2 Å². The summed E-state index contributed by atoms with van der Waals surface area (Å²) in [4.78, 5) is 30.9. The molecule has 0 saturated carbocycles. The third-order valence-electron chi connectivity index (χ3n) is 7.20. The van der Waals surface area contributed by atoms with Crippen LogP contribution in [0.2, 0.25) is 0 Å². The highest BCUT2D eigenvalue weighted by Crippen LogP contribution is 2.25. The van der Waals surface area contributed by atoms with Crippen LogP contribution in [0.3, 0.4) is 0 Å². The van der Waals surface area contributed by atoms with Gasteiger partial charge in [-0.05, 0) is 62.2 Å². The molecule has 1 aliphatic heterocycles. The summed E-state index contributed by atoms with van der Waals surface area (Å²) < 4.78 is 8.65. The number of methoxy groups -OCH3 is 1. The second-order valence-electron chi connectivity index (χ2n) is 9.54. The first-order valence-corrected chi connectivity index (χ1v) is 12.8. The second kappa shape index (κ2) is 10.1. The first kappa shape index (κ1) is 24.6. The fourth-order valence-corrected chi connectivity index (χ4v) is 5.08. The number of carbonyl (C=O) groups is 1. The van der Waals surface area contributed by atoms with Crippen LogP contribution >= 0.6 is 0 Å². The number of amides is 1. The highest BCUT2D eigenvalue weighted by Gasteiger charge is 2.24. The molecule has 0 spiro atoms. The lowest BCUT2D eigenvalue weighted by atomic mass is 10.1. The minimum atomic E-state index is -0.178. The molecule has 1 saturated heterocycles. The van der Waals surface area contributed by atoms with Crippen LogP contribution in [0.4, 0.5) is 5.69 Å². The Balaban J connectivity index is 1.42. The molecule has 8 heteroatoms. The van der Waals surface area contributed by atoms with E-state index >= 15 is 0 Å². The first-order chi connectivity index (χ1) is 17.9. The SMILES string of the molecule is CCc1cc(=O)n(CC(=O)N2CCN(c3ccc(OC)cc3)CC2)c2c1c(C)nn2-c1ccc(C)cc1. The molecule has 1 aliphatic rings. The van der Waals surface area contributed by atoms with Gasteiger partial charge in [-0.25, -0.2) is 4.68 Å². The smallest absolute Gasteiger partial charge is 0.252 e. The van der Waals surface area contributed by atoms with Crippen LogP contribution in [0.1, 0.15) is 23.7 Å². The molecule has 8 nitrogen and oxygen atoms in total. The molecule has 0 radical (unpaired) electrons. The number of benzene rings is 2. The molecular formula is C29H33N5O3. The van der Waals surface area contributed by atoms with Gasteiger partial charge in [0, 0.05) is 43.3 Å². The number of aryl methyl sites for hydroxylation is 3. The summed E-state index contributed by atoms with van der Waals surface area (Å²) in [6.45, 7) is 8.69. The number of nitrogens with zero attached hydrogens (tertiary/aromatic N) is 5. The van der Waals surface area contributed by atoms with Crippen molar-refractivity contribution in [3.05, 3.63) is 81.8 Å². The van der Waals surface area contributed by atoms with Crippen LogP contribution in [-0.2, 0) is 17.8 Å². The second-order valence-corrected chi connectivity index (χ2v) is 9.54. The quantitative estimate of drug-likeness (QED) is 0.404. The monoisotopic (exact) mass is 499 g/mol. The van der Waals surface area contributed by atoms with Crippen LogP contribution in [0, 0.1) is 13.8 Å². The van der Waals surface area contributed by atoms with Crippen molar-refractivity contribution < 1.29 is 9.53 Å². The summed E-state index contributed by atoms with van der Waals surface area (Å²) in [6, 6.07) is 17.7. The molecule has 192 valence electrons. The van der Waals surface area contributed by atoms with Gasteiger partial charge in [-0.15, -0.1) is 0 Å². The zero-order valence-electron chi connectivity index (χ0n) is 21.9. The molecule has 0 atom stereocenters. The van der Waals surface area contributed by atoms with Crippen molar-refractivity contribution in [1.29, 1.82) is 0 Å². The number of hydrogen-bond acceptors (Lipinski definition) is 5. The van der Waals surface area contributed by atoms with Gasteiger partial charge in [-0.1, -0.05) is 24.6 Å². The lowest BCUT2D eigenvalue weighted by Gasteiger charge is -2.36. The topological polar surface area (TPSA) is 72.6 Å². The van der Waals surface area contributed by atoms with Crippen molar-refractivity contribution in [3.63, 3.8) is 0 Å². The first-order valence-electron chi connectivity index (χ1n) is 12.8. The van der Waals surface area contributed by atoms with E-state index in [4.69, 9.17) is 9.84 Å². The fraction of sp³-hybridized carbons (Fsp3) is 0.345. The summed E-state index contributed by atoms with van der Waals surface area (Å²) in [5, 5.41) is 5.74. The Labute approximate surface area is 216 Å². The molecule has 3 heterocycles. The standard InChI is InChI=1S/C29H33N5O3/c1-5-22-18-26(35)33(29-28(22)21(3)30-34(29)24-8-6-20(2)7-9-24)19-27(36)32-16-14-31(15-17-32)23-10-12-25(37-4)13-11-23/h6-13,18H,5,14-17,19H2,1-4H3. The Morgan fingerprint density at radius 1 is 0.946 bits per heavy atom. The molecule has 1 fully saturated rings. The largest absolute Gasteiger partial charge is 0.497 e. The molecule has 2 aromatic heterocycles. The third kappa shape index (κ3) is 4.71. The van der Waals surface area contributed by atoms with E-state index < -0.39 is 0 Å². The Morgan fingerprint density at radius 2 is 1.59 bits per heavy atom. The summed E-state index contributed by atoms with van der Waals surface area (Å²) >= 11 is 0. The number of piperazine rings is 1. The van der Waals surface area contributed by atoms with E-state index in [0.29, 0.717) is 25.2 Å². The van der Waals surface area contributed by atoms with E-state index in [2.05, 4.69) is 4.90 Å². The number of fused-ring (bicyclic) bond motifs is 1. The fourth-order valence-electron chi connectivity index (χ4n) is 5.08. The molecule has 37 heavy (non-hydrogen) atoms. The molecule has 0 unspecified atom stereocenters. The van der Waals surface area contributed by atoms with Crippen LogP contribution < -0.4 is 15.2 Å². The van der Waals surface area contributed by atoms with E-state index in [9.17, 15) is 9.59 Å². The predicted octanol–water partition coefficient (Wildman–Crippen LogP) is 3.72. The minimum absolute atomic E-state index is 0.0150. The highest BCUT2D eigenvalue weighted by molar-refractivity contribution is 5.86. The number of pyridine rings is 1. The van der Waals surface area contributed by atoms with Gasteiger partial charge in [0.15, 0.2) is 0 Å². The minimum Gasteiger partial charge on any atom is -0.497 e. The maximum Gasteiger partial charge on any atom is 0.252 e. The lowest BCUT2D eigenvalue weighted by Crippen LogP contribution is -2.50. The maximum atomic E-state index is 13.4. The van der Waals surface area contributed by atoms with Gasteiger partial charge in [0.05, 0.1) is 18.5 Å². The van der Waals surface area contributed by atoms with Gasteiger partial charge in [0.1, 0.15) is 17.9 Å². The molecular weight excluding hydrogens is 466 g/mol. The molecule has 2 aromatic carbocycles. The van der Waals surface area contributed by atoms with Crippen molar-refractivity contribution in [2.75, 3.05) is 38.2 Å². The van der Waals surface area contributed by atoms with Crippen molar-refractivity contribution in [3.8, 4) is 11.4 Å². The van der Waals surface area contributed by atoms with Gasteiger partial charge in [-0.3, -0.25) is 14.2 Å². The summed E-state index contributed by atoms with van der Waals surface area (Å²) in [6.07, 6.45) is 0.717. The number of anilines is 1. The Morgan fingerprint density at radius 3 is 2.22 bits per heavy atom. The number of ether oxygens (including phenoxy) is 1. The van der Waals surface area contributed by atoms with Crippen molar-refractivity contribution in [2.45, 2.75) is 33.7 Å². The van der Waals surface area contributed by atoms with E-state index in [1.165, 1.54) is 0 Å². The lowest BCUT2D eigenvalue weighted by molar-refractivity contribution is -0.132. The molecule has 0 bridgehead atoms. The highest BCUT2D eigenvalue weighted by atomic mass is 16.5. The predicted molar refractivity (Wildman–Crippen MR) is 146 cm³/mol. The van der Waals surface area contributed by atoms with Gasteiger partial charge >= 0.3 is 0 Å². The Bertz CT molecular complexity index is 1480. The number of rotatable bonds is 6. The normalized spacial score (nSPS) is 13.8. The van der Waals surface area contributed by atoms with Crippen LogP contribution in [0.25, 0.3) is 16.7 Å². The van der Waals surface area contributed by atoms with E-state index in [1.807, 2.05) is 74.2 Å². The van der Waals surface area contributed by atoms with Gasteiger partial charge in [-0.2, -0.15) is 5.10 Å². The molecule has 0 aliphatic carbocycles. The maximum absolute atomic E-state index is 13.4. The van der Waals surface area contributed by atoms with E-state index in [-0.39, 0.29) is 18.0 Å². The summed E-state index contributed by atoms with van der Waals surface area (Å²) in [5.74, 6) is 0.764. The van der Waals surface area contributed by atoms with E-state index in [0.717, 1.165) is 52.4 Å². The van der Waals surface area contributed by atoms with Crippen LogP contribution in [-0.4, -0.2) is 58.4 Å². The Kier molecular flexibility index (Phi) is 6.74. The number of carbonyl (C=O) groups excluding carboxylic acids is 1. The zero-order valence-corrected chi connectivity index (χ0v) is 21.9. The molecule has 5 rings (SSSR count). The number of aromatic nitrogens is 3. The van der Waals surface area contributed by atoms with Crippen LogP contribution in [0.15, 0.2) is 59.4 Å². The van der Waals surface area contributed by atoms with Gasteiger partial charge < -0.3 is 14.5 Å². The zero-order chi connectivity index (χ0) is 26.1. The number of hydrogen-bond donors (Lipinski definition) is 0. The summed E-state index contributed by atoms with van der Waals surface area (Å²) in [5.41, 5.74) is 5.42. The van der Waals surface area contributed by atoms with Crippen molar-refractivity contribution >= 4 is 22.6 Å².